The molecule has 6 atom stereocenters. The number of fused-ring (bicyclic) bond motifs is 2. The number of rotatable bonds is 20. The molecule has 4 aliphatic rings. The van der Waals surface area contributed by atoms with Crippen molar-refractivity contribution >= 4 is 17.9 Å². The molecule has 2 saturated carbocycles. The molecule has 3 aliphatic carbocycles. The summed E-state index contributed by atoms with van der Waals surface area (Å²) in [6.07, 6.45) is 11.5. The summed E-state index contributed by atoms with van der Waals surface area (Å²) in [5, 5.41) is 24.7. The van der Waals surface area contributed by atoms with E-state index in [2.05, 4.69) is 12.7 Å². The van der Waals surface area contributed by atoms with Crippen LogP contribution in [0.2, 0.25) is 0 Å². The lowest BCUT2D eigenvalue weighted by molar-refractivity contribution is -0.255. The standard InChI is InChI=1S/C47H56N2O9/c1-4-24-55-47-43(49(2)46(53)32-16-17-32)28-40(48-56-30-31-12-6-5-7-13-31)38-26-33(14-8-10-22-50)37(15-9-11-23-51)44(45(38)47)39-27-36(19-21-42(39)58-47)57-35-18-20-41(54-3)34(25-35)29-52/h4-7,12-13,18-21,25-27,29,32-33,37,43-45,50-51H,1,8-11,14-17,22-24,28,30H2,2-3H3/t33-,37+,43-,44+,45+,47+/m0/s1. The third kappa shape index (κ3) is 8.58. The summed E-state index contributed by atoms with van der Waals surface area (Å²) in [7, 11) is 3.38. The summed E-state index contributed by atoms with van der Waals surface area (Å²) in [6, 6.07) is 20.3. The smallest absolute Gasteiger partial charge is 0.239 e. The first-order valence-corrected chi connectivity index (χ1v) is 20.7. The van der Waals surface area contributed by atoms with Crippen LogP contribution in [0.15, 0.2) is 96.2 Å². The van der Waals surface area contributed by atoms with Crippen LogP contribution >= 0.6 is 0 Å². The van der Waals surface area contributed by atoms with Crippen molar-refractivity contribution in [2.24, 2.45) is 28.8 Å². The number of oxime groups is 1. The maximum absolute atomic E-state index is 14.1. The molecule has 0 spiro atoms. The van der Waals surface area contributed by atoms with Crippen molar-refractivity contribution in [3.05, 3.63) is 108 Å². The number of aliphatic hydroxyl groups excluding tert-OH is 2. The Kier molecular flexibility index (Phi) is 13.3. The fourth-order valence-electron chi connectivity index (χ4n) is 9.33. The molecule has 1 amide bonds. The zero-order chi connectivity index (χ0) is 40.6. The van der Waals surface area contributed by atoms with Gasteiger partial charge in [0.2, 0.25) is 11.7 Å². The molecule has 11 nitrogen and oxygen atoms in total. The second-order valence-electron chi connectivity index (χ2n) is 15.9. The van der Waals surface area contributed by atoms with Crippen molar-refractivity contribution < 1.29 is 43.6 Å². The van der Waals surface area contributed by atoms with E-state index in [-0.39, 0.29) is 56.0 Å². The summed E-state index contributed by atoms with van der Waals surface area (Å²) in [5.41, 5.74) is 4.04. The topological polar surface area (TPSA) is 136 Å². The summed E-state index contributed by atoms with van der Waals surface area (Å²) in [5.74, 6) is 0.416. The molecule has 3 aromatic rings. The first-order valence-electron chi connectivity index (χ1n) is 20.7. The van der Waals surface area contributed by atoms with E-state index in [1.165, 1.54) is 7.11 Å². The summed E-state index contributed by atoms with van der Waals surface area (Å²) >= 11 is 0. The molecule has 3 aromatic carbocycles. The Morgan fingerprint density at radius 1 is 1.00 bits per heavy atom. The quantitative estimate of drug-likeness (QED) is 0.0505. The van der Waals surface area contributed by atoms with Crippen LogP contribution in [0.5, 0.6) is 23.0 Å². The monoisotopic (exact) mass is 792 g/mol. The van der Waals surface area contributed by atoms with Gasteiger partial charge in [0.05, 0.1) is 30.9 Å². The van der Waals surface area contributed by atoms with Crippen molar-refractivity contribution in [1.82, 2.24) is 4.90 Å². The minimum absolute atomic E-state index is 0.0364. The van der Waals surface area contributed by atoms with E-state index in [9.17, 15) is 19.8 Å². The number of aldehydes is 1. The van der Waals surface area contributed by atoms with Gasteiger partial charge in [0, 0.05) is 44.1 Å². The van der Waals surface area contributed by atoms with Crippen LogP contribution < -0.4 is 14.2 Å². The van der Waals surface area contributed by atoms with Gasteiger partial charge < -0.3 is 38.9 Å². The number of hydrogen-bond acceptors (Lipinski definition) is 10. The number of aliphatic hydroxyl groups is 2. The molecular weight excluding hydrogens is 737 g/mol. The molecule has 0 radical (unpaired) electrons. The average molecular weight is 793 g/mol. The first-order chi connectivity index (χ1) is 28.3. The summed E-state index contributed by atoms with van der Waals surface area (Å²) < 4.78 is 26.0. The molecule has 1 aliphatic heterocycles. The Balaban J connectivity index is 1.40. The third-order valence-electron chi connectivity index (χ3n) is 12.2. The van der Waals surface area contributed by atoms with Gasteiger partial charge in [-0.2, -0.15) is 0 Å². The maximum atomic E-state index is 14.1. The van der Waals surface area contributed by atoms with E-state index in [0.29, 0.717) is 47.8 Å². The molecule has 1 heterocycles. The highest BCUT2D eigenvalue weighted by Crippen LogP contribution is 2.62. The van der Waals surface area contributed by atoms with Gasteiger partial charge in [-0.05, 0) is 97.9 Å². The highest BCUT2D eigenvalue weighted by atomic mass is 16.7. The number of hydrogen-bond donors (Lipinski definition) is 2. The molecule has 2 fully saturated rings. The predicted octanol–water partition coefficient (Wildman–Crippen LogP) is 8.00. The van der Waals surface area contributed by atoms with E-state index in [1.54, 1.807) is 24.3 Å². The van der Waals surface area contributed by atoms with Crippen LogP contribution in [0.1, 0.15) is 85.2 Å². The van der Waals surface area contributed by atoms with Gasteiger partial charge in [0.25, 0.3) is 0 Å². The lowest BCUT2D eigenvalue weighted by atomic mass is 9.55. The lowest BCUT2D eigenvalue weighted by Crippen LogP contribution is -2.69. The number of ether oxygens (including phenoxy) is 4. The number of amides is 1. The number of carbonyl (C=O) groups excluding carboxylic acids is 2. The Labute approximate surface area is 341 Å². The SMILES string of the molecule is C=CCO[C@@]12Oc3ccc(Oc4ccc(OC)c(C=O)c4)cc3[C@H]3[C@H](CCCCO)[C@@H](CCCCO)C=C(C(=NOCc4ccccc4)C[C@@H]1N(C)C(=O)C1CC1)[C@H]32. The van der Waals surface area contributed by atoms with Crippen LogP contribution in [0.4, 0.5) is 0 Å². The molecule has 0 unspecified atom stereocenters. The van der Waals surface area contributed by atoms with Crippen molar-refractivity contribution in [2.45, 2.75) is 82.1 Å². The number of allylic oxidation sites excluding steroid dienone is 1. The van der Waals surface area contributed by atoms with Crippen LogP contribution in [0.3, 0.4) is 0 Å². The molecule has 0 aromatic heterocycles. The van der Waals surface area contributed by atoms with Crippen LogP contribution in [-0.2, 0) is 21.0 Å². The van der Waals surface area contributed by atoms with Crippen molar-refractivity contribution in [3.8, 4) is 23.0 Å². The van der Waals surface area contributed by atoms with Crippen LogP contribution in [-0.4, -0.2) is 78.8 Å². The first kappa shape index (κ1) is 41.2. The minimum Gasteiger partial charge on any atom is -0.496 e. The van der Waals surface area contributed by atoms with E-state index in [0.717, 1.165) is 67.2 Å². The van der Waals surface area contributed by atoms with Gasteiger partial charge in [-0.15, -0.1) is 6.58 Å². The van der Waals surface area contributed by atoms with E-state index < -0.39 is 17.7 Å². The Bertz CT molecular complexity index is 1980. The van der Waals surface area contributed by atoms with Gasteiger partial charge in [-0.1, -0.05) is 60.5 Å². The third-order valence-corrected chi connectivity index (χ3v) is 12.2. The highest BCUT2D eigenvalue weighted by Gasteiger charge is 2.65. The molecule has 2 N–H and O–H groups in total. The number of methoxy groups -OCH3 is 1. The minimum atomic E-state index is -1.31. The van der Waals surface area contributed by atoms with Gasteiger partial charge in [0.1, 0.15) is 35.6 Å². The second kappa shape index (κ2) is 18.7. The Morgan fingerprint density at radius 3 is 2.45 bits per heavy atom. The maximum Gasteiger partial charge on any atom is 0.239 e. The van der Waals surface area contributed by atoms with E-state index in [1.807, 2.05) is 60.5 Å². The van der Waals surface area contributed by atoms with Gasteiger partial charge in [-0.25, -0.2) is 0 Å². The lowest BCUT2D eigenvalue weighted by Gasteiger charge is -2.59. The van der Waals surface area contributed by atoms with Crippen LogP contribution in [0.25, 0.3) is 0 Å². The number of likely N-dealkylation sites (N-methyl/N-ethyl adjacent to an activating group) is 1. The Hall–Kier alpha value is -4.97. The van der Waals surface area contributed by atoms with Gasteiger partial charge in [0.15, 0.2) is 6.29 Å². The largest absolute Gasteiger partial charge is 0.496 e. The average Bonchev–Trinajstić information content (AvgIpc) is 4.10. The van der Waals surface area contributed by atoms with Gasteiger partial charge in [-0.3, -0.25) is 9.59 Å². The van der Waals surface area contributed by atoms with E-state index >= 15 is 0 Å². The summed E-state index contributed by atoms with van der Waals surface area (Å²) in [4.78, 5) is 33.9. The van der Waals surface area contributed by atoms with Gasteiger partial charge >= 0.3 is 0 Å². The van der Waals surface area contributed by atoms with Crippen molar-refractivity contribution in [2.75, 3.05) is 34.0 Å². The molecule has 0 bridgehead atoms. The molecular formula is C47H56N2O9. The number of unbranched alkanes of at least 4 members (excludes halogenated alkanes) is 2. The summed E-state index contributed by atoms with van der Waals surface area (Å²) in [6.45, 7) is 4.69. The second-order valence-corrected chi connectivity index (χ2v) is 15.9. The number of carbonyl (C=O) groups is 2. The molecule has 308 valence electrons. The molecule has 58 heavy (non-hydrogen) atoms. The van der Waals surface area contributed by atoms with Crippen molar-refractivity contribution in [3.63, 3.8) is 0 Å². The highest BCUT2D eigenvalue weighted by molar-refractivity contribution is 6.03. The Morgan fingerprint density at radius 2 is 1.74 bits per heavy atom. The zero-order valence-corrected chi connectivity index (χ0v) is 33.6. The predicted molar refractivity (Wildman–Crippen MR) is 220 cm³/mol. The van der Waals surface area contributed by atoms with Crippen LogP contribution in [0, 0.1) is 23.7 Å². The fraction of sp³-hybridized carbons (Fsp3) is 0.468. The molecule has 0 saturated heterocycles. The number of benzene rings is 3. The molecule has 7 rings (SSSR count). The van der Waals surface area contributed by atoms with E-state index in [4.69, 9.17) is 28.9 Å². The fourth-order valence-corrected chi connectivity index (χ4v) is 9.33. The zero-order valence-electron chi connectivity index (χ0n) is 33.6. The van der Waals surface area contributed by atoms with Crippen molar-refractivity contribution in [1.29, 1.82) is 0 Å². The molecule has 11 heteroatoms. The normalized spacial score (nSPS) is 25.1. The number of nitrogens with zero attached hydrogens (tertiary/aromatic N) is 2.